The molecule has 1 aliphatic heterocycles. The quantitative estimate of drug-likeness (QED) is 0.665. The van der Waals surface area contributed by atoms with Gasteiger partial charge >= 0.3 is 6.09 Å². The molecule has 2 amide bonds. The fraction of sp³-hybridized carbons (Fsp3) is 0.273. The van der Waals surface area contributed by atoms with Crippen LogP contribution in [0.1, 0.15) is 12.0 Å². The van der Waals surface area contributed by atoms with Gasteiger partial charge in [0.1, 0.15) is 0 Å². The van der Waals surface area contributed by atoms with Crippen molar-refractivity contribution in [3.63, 3.8) is 0 Å². The highest BCUT2D eigenvalue weighted by Crippen LogP contribution is 2.21. The van der Waals surface area contributed by atoms with Gasteiger partial charge in [0.15, 0.2) is 0 Å². The maximum Gasteiger partial charge on any atom is 0.404 e. The Morgan fingerprint density at radius 1 is 1.38 bits per heavy atom. The van der Waals surface area contributed by atoms with E-state index in [0.717, 1.165) is 11.3 Å². The Kier molecular flexibility index (Phi) is 2.76. The second-order valence-electron chi connectivity index (χ2n) is 3.76. The van der Waals surface area contributed by atoms with Crippen molar-refractivity contribution in [2.45, 2.75) is 18.9 Å². The van der Waals surface area contributed by atoms with Crippen LogP contribution in [-0.2, 0) is 11.2 Å². The standard InChI is InChI=1S/C11H12N2O3/c14-10-6-8(12-11(15)16)5-7-3-1-2-4-9(7)13-10/h1-4,8,12H,5-6H2,(H,13,14)(H,15,16). The van der Waals surface area contributed by atoms with Crippen LogP contribution in [-0.4, -0.2) is 23.1 Å². The van der Waals surface area contributed by atoms with Gasteiger partial charge in [-0.05, 0) is 18.1 Å². The second-order valence-corrected chi connectivity index (χ2v) is 3.76. The molecular formula is C11H12N2O3. The molecule has 1 aliphatic rings. The van der Waals surface area contributed by atoms with Crippen LogP contribution >= 0.6 is 0 Å². The zero-order valence-corrected chi connectivity index (χ0v) is 8.56. The molecule has 1 aromatic carbocycles. The van der Waals surface area contributed by atoms with E-state index in [1.165, 1.54) is 0 Å². The van der Waals surface area contributed by atoms with Gasteiger partial charge in [0.25, 0.3) is 0 Å². The Balaban J connectivity index is 2.23. The van der Waals surface area contributed by atoms with Crippen molar-refractivity contribution in [1.82, 2.24) is 5.32 Å². The molecular weight excluding hydrogens is 208 g/mol. The summed E-state index contributed by atoms with van der Waals surface area (Å²) in [5.41, 5.74) is 1.72. The van der Waals surface area contributed by atoms with Crippen molar-refractivity contribution >= 4 is 17.7 Å². The third kappa shape index (κ3) is 2.31. The van der Waals surface area contributed by atoms with E-state index in [4.69, 9.17) is 5.11 Å². The van der Waals surface area contributed by atoms with Gasteiger partial charge in [0.2, 0.25) is 5.91 Å². The summed E-state index contributed by atoms with van der Waals surface area (Å²) in [6.45, 7) is 0. The number of rotatable bonds is 1. The van der Waals surface area contributed by atoms with Gasteiger partial charge in [-0.15, -0.1) is 0 Å². The first-order valence-corrected chi connectivity index (χ1v) is 5.02. The molecule has 1 aromatic rings. The molecule has 0 saturated heterocycles. The molecule has 0 radical (unpaired) electrons. The van der Waals surface area contributed by atoms with Gasteiger partial charge in [0.05, 0.1) is 0 Å². The van der Waals surface area contributed by atoms with E-state index >= 15 is 0 Å². The lowest BCUT2D eigenvalue weighted by Gasteiger charge is -2.12. The molecule has 0 aromatic heterocycles. The van der Waals surface area contributed by atoms with Crippen LogP contribution in [0.25, 0.3) is 0 Å². The Morgan fingerprint density at radius 3 is 2.88 bits per heavy atom. The van der Waals surface area contributed by atoms with Crippen molar-refractivity contribution in [3.05, 3.63) is 29.8 Å². The van der Waals surface area contributed by atoms with Crippen LogP contribution < -0.4 is 10.6 Å². The molecule has 3 N–H and O–H groups in total. The summed E-state index contributed by atoms with van der Waals surface area (Å²) in [7, 11) is 0. The highest BCUT2D eigenvalue weighted by atomic mass is 16.4. The van der Waals surface area contributed by atoms with Gasteiger partial charge in [-0.1, -0.05) is 18.2 Å². The van der Waals surface area contributed by atoms with Crippen LogP contribution in [0, 0.1) is 0 Å². The Hall–Kier alpha value is -2.04. The first-order chi connectivity index (χ1) is 7.65. The van der Waals surface area contributed by atoms with E-state index < -0.39 is 6.09 Å². The molecule has 16 heavy (non-hydrogen) atoms. The number of amides is 2. The lowest BCUT2D eigenvalue weighted by molar-refractivity contribution is -0.116. The fourth-order valence-corrected chi connectivity index (χ4v) is 1.86. The fourth-order valence-electron chi connectivity index (χ4n) is 1.86. The minimum Gasteiger partial charge on any atom is -0.465 e. The SMILES string of the molecule is O=C(O)NC1CC(=O)Nc2ccccc2C1. The zero-order valence-electron chi connectivity index (χ0n) is 8.56. The lowest BCUT2D eigenvalue weighted by atomic mass is 10.0. The highest BCUT2D eigenvalue weighted by Gasteiger charge is 2.22. The average molecular weight is 220 g/mol. The normalized spacial score (nSPS) is 19.2. The lowest BCUT2D eigenvalue weighted by Crippen LogP contribution is -2.36. The molecule has 1 heterocycles. The minimum atomic E-state index is -1.10. The van der Waals surface area contributed by atoms with Crippen molar-refractivity contribution in [2.75, 3.05) is 5.32 Å². The van der Waals surface area contributed by atoms with Crippen molar-refractivity contribution in [1.29, 1.82) is 0 Å². The molecule has 1 atom stereocenters. The van der Waals surface area contributed by atoms with Gasteiger partial charge in [-0.2, -0.15) is 0 Å². The summed E-state index contributed by atoms with van der Waals surface area (Å²) in [4.78, 5) is 22.0. The topological polar surface area (TPSA) is 78.4 Å². The summed E-state index contributed by atoms with van der Waals surface area (Å²) in [6.07, 6.45) is -0.403. The molecule has 5 heteroatoms. The molecule has 5 nitrogen and oxygen atoms in total. The molecule has 2 rings (SSSR count). The van der Waals surface area contributed by atoms with Crippen molar-refractivity contribution < 1.29 is 14.7 Å². The summed E-state index contributed by atoms with van der Waals surface area (Å²) in [5.74, 6) is -0.163. The number of nitrogens with one attached hydrogen (secondary N) is 2. The highest BCUT2D eigenvalue weighted by molar-refractivity contribution is 5.93. The number of fused-ring (bicyclic) bond motifs is 1. The summed E-state index contributed by atoms with van der Waals surface area (Å²) >= 11 is 0. The third-order valence-electron chi connectivity index (χ3n) is 2.52. The van der Waals surface area contributed by atoms with Gasteiger partial charge in [-0.3, -0.25) is 4.79 Å². The monoisotopic (exact) mass is 220 g/mol. The van der Waals surface area contributed by atoms with Crippen LogP contribution in [0.3, 0.4) is 0 Å². The summed E-state index contributed by atoms with van der Waals surface area (Å²) < 4.78 is 0. The number of carboxylic acid groups (broad SMARTS) is 1. The zero-order chi connectivity index (χ0) is 11.5. The van der Waals surface area contributed by atoms with Gasteiger partial charge < -0.3 is 15.7 Å². The van der Waals surface area contributed by atoms with E-state index in [0.29, 0.717) is 6.42 Å². The predicted octanol–water partition coefficient (Wildman–Crippen LogP) is 1.21. The molecule has 0 aliphatic carbocycles. The predicted molar refractivity (Wildman–Crippen MR) is 58.3 cm³/mol. The van der Waals surface area contributed by atoms with Crippen LogP contribution in [0.15, 0.2) is 24.3 Å². The Bertz CT molecular complexity index is 431. The summed E-state index contributed by atoms with van der Waals surface area (Å²) in [6, 6.07) is 7.05. The van der Waals surface area contributed by atoms with Crippen LogP contribution in [0.5, 0.6) is 0 Å². The largest absolute Gasteiger partial charge is 0.465 e. The van der Waals surface area contributed by atoms with Crippen molar-refractivity contribution in [2.24, 2.45) is 0 Å². The molecule has 84 valence electrons. The maximum absolute atomic E-state index is 11.5. The minimum absolute atomic E-state index is 0.163. The third-order valence-corrected chi connectivity index (χ3v) is 2.52. The molecule has 0 fully saturated rings. The number of carbonyl (C=O) groups is 2. The maximum atomic E-state index is 11.5. The smallest absolute Gasteiger partial charge is 0.404 e. The summed E-state index contributed by atoms with van der Waals surface area (Å²) in [5, 5.41) is 13.8. The first-order valence-electron chi connectivity index (χ1n) is 5.02. The van der Waals surface area contributed by atoms with E-state index in [9.17, 15) is 9.59 Å². The van der Waals surface area contributed by atoms with Gasteiger partial charge in [-0.25, -0.2) is 4.79 Å². The second kappa shape index (κ2) is 4.22. The van der Waals surface area contributed by atoms with Crippen molar-refractivity contribution in [3.8, 4) is 0 Å². The van der Waals surface area contributed by atoms with Crippen LogP contribution in [0.2, 0.25) is 0 Å². The molecule has 0 bridgehead atoms. The van der Waals surface area contributed by atoms with E-state index in [1.54, 1.807) is 0 Å². The number of hydrogen-bond donors (Lipinski definition) is 3. The van der Waals surface area contributed by atoms with E-state index in [-0.39, 0.29) is 18.4 Å². The van der Waals surface area contributed by atoms with Gasteiger partial charge in [0, 0.05) is 18.2 Å². The first kappa shape index (κ1) is 10.5. The molecule has 1 unspecified atom stereocenters. The molecule has 0 saturated carbocycles. The Labute approximate surface area is 92.5 Å². The van der Waals surface area contributed by atoms with E-state index in [1.807, 2.05) is 24.3 Å². The average Bonchev–Trinajstić information content (AvgIpc) is 2.33. The van der Waals surface area contributed by atoms with E-state index in [2.05, 4.69) is 10.6 Å². The number of carbonyl (C=O) groups excluding carboxylic acids is 1. The number of para-hydroxylation sites is 1. The number of benzene rings is 1. The molecule has 0 spiro atoms. The number of hydrogen-bond acceptors (Lipinski definition) is 2. The Morgan fingerprint density at radius 2 is 2.12 bits per heavy atom. The number of anilines is 1. The van der Waals surface area contributed by atoms with Crippen LogP contribution in [0.4, 0.5) is 10.5 Å².